The van der Waals surface area contributed by atoms with Gasteiger partial charge in [0.05, 0.1) is 17.4 Å². The first-order chi connectivity index (χ1) is 20.6. The second-order valence-corrected chi connectivity index (χ2v) is 12.7. The van der Waals surface area contributed by atoms with Crippen LogP contribution in [0.1, 0.15) is 63.8 Å². The van der Waals surface area contributed by atoms with E-state index in [0.717, 1.165) is 60.1 Å². The Morgan fingerprint density at radius 2 is 1.86 bits per heavy atom. The van der Waals surface area contributed by atoms with E-state index < -0.39 is 17.4 Å². The van der Waals surface area contributed by atoms with Gasteiger partial charge in [-0.3, -0.25) is 24.0 Å². The van der Waals surface area contributed by atoms with Gasteiger partial charge in [-0.2, -0.15) is 0 Å². The molecule has 0 spiro atoms. The summed E-state index contributed by atoms with van der Waals surface area (Å²) < 4.78 is 2.07. The van der Waals surface area contributed by atoms with Crippen molar-refractivity contribution >= 4 is 40.8 Å². The lowest BCUT2D eigenvalue weighted by Crippen LogP contribution is -2.57. The Bertz CT molecular complexity index is 1800. The van der Waals surface area contributed by atoms with E-state index in [4.69, 9.17) is 0 Å². The molecule has 2 aliphatic rings. The average molecular weight is 576 g/mol. The van der Waals surface area contributed by atoms with E-state index in [9.17, 15) is 9.59 Å². The number of imidazole rings is 1. The molecule has 220 valence electrons. The van der Waals surface area contributed by atoms with Gasteiger partial charge in [0.1, 0.15) is 11.7 Å². The van der Waals surface area contributed by atoms with E-state index in [0.29, 0.717) is 5.78 Å². The molecule has 2 fully saturated rings. The van der Waals surface area contributed by atoms with Crippen molar-refractivity contribution in [1.82, 2.24) is 29.6 Å². The number of rotatable bonds is 8. The lowest BCUT2D eigenvalue weighted by Gasteiger charge is -2.38. The highest BCUT2D eigenvalue weighted by atomic mass is 16.2. The van der Waals surface area contributed by atoms with Crippen LogP contribution >= 0.6 is 0 Å². The maximum absolute atomic E-state index is 13.2. The van der Waals surface area contributed by atoms with Crippen LogP contribution in [0.25, 0.3) is 22.3 Å². The summed E-state index contributed by atoms with van der Waals surface area (Å²) in [5.74, 6) is 0.148. The van der Waals surface area contributed by atoms with Crippen molar-refractivity contribution < 1.29 is 9.59 Å². The Morgan fingerprint density at radius 1 is 1.09 bits per heavy atom. The standard InChI is InChI=1S/C34H37N7O2/c1-22(9-11-27(35-5)30(42)39-29(33(2,3)4)31(43)40-16-7-17-40)24-19-37-32-38-20-28(41(32)21-24)34(13-14-34)25-10-12-26-23(18-25)8-6-15-36-26/h6,8-12,15,18-21,29H,5,7,13-14,16-17H2,1-4H3,(H,39,42)/b22-9+,27-11-/t29-/m1/s1. The molecule has 1 saturated carbocycles. The zero-order chi connectivity index (χ0) is 30.4. The minimum atomic E-state index is -0.657. The topological polar surface area (TPSA) is 105 Å². The van der Waals surface area contributed by atoms with E-state index in [2.05, 4.69) is 66.8 Å². The molecule has 6 rings (SSSR count). The number of likely N-dealkylation sites (tertiary alicyclic amines) is 1. The maximum atomic E-state index is 13.2. The fraction of sp³-hybridized carbons (Fsp3) is 0.353. The number of hydrogen-bond acceptors (Lipinski definition) is 6. The van der Waals surface area contributed by atoms with Gasteiger partial charge < -0.3 is 10.2 Å². The minimum absolute atomic E-state index is 0.0634. The zero-order valence-corrected chi connectivity index (χ0v) is 25.2. The van der Waals surface area contributed by atoms with Crippen LogP contribution in [0.3, 0.4) is 0 Å². The number of pyridine rings is 1. The molecule has 4 aromatic rings. The van der Waals surface area contributed by atoms with Crippen LogP contribution in [0.2, 0.25) is 0 Å². The smallest absolute Gasteiger partial charge is 0.270 e. The molecular weight excluding hydrogens is 538 g/mol. The van der Waals surface area contributed by atoms with Gasteiger partial charge in [0.15, 0.2) is 0 Å². The molecule has 1 N–H and O–H groups in total. The maximum Gasteiger partial charge on any atom is 0.270 e. The second-order valence-electron chi connectivity index (χ2n) is 12.7. The van der Waals surface area contributed by atoms with Crippen molar-refractivity contribution in [2.24, 2.45) is 10.4 Å². The molecule has 1 aliphatic heterocycles. The SMILES string of the molecule is C=N/C(=C\C=C(/C)c1cnc2ncc(C3(c4ccc5ncccc5c4)CC3)n2c1)C(=O)N[C@H](C(=O)N1CCC1)C(C)(C)C. The molecule has 0 unspecified atom stereocenters. The van der Waals surface area contributed by atoms with Crippen molar-refractivity contribution in [2.45, 2.75) is 58.4 Å². The van der Waals surface area contributed by atoms with Crippen LogP contribution in [0.15, 0.2) is 78.0 Å². The lowest BCUT2D eigenvalue weighted by atomic mass is 9.85. The van der Waals surface area contributed by atoms with E-state index in [-0.39, 0.29) is 17.0 Å². The van der Waals surface area contributed by atoms with Gasteiger partial charge in [-0.1, -0.05) is 39.0 Å². The summed E-state index contributed by atoms with van der Waals surface area (Å²) >= 11 is 0. The fourth-order valence-electron chi connectivity index (χ4n) is 5.70. The molecule has 9 nitrogen and oxygen atoms in total. The summed E-state index contributed by atoms with van der Waals surface area (Å²) in [6.45, 7) is 12.9. The van der Waals surface area contributed by atoms with Crippen molar-refractivity contribution in [3.8, 4) is 0 Å². The molecule has 9 heteroatoms. The van der Waals surface area contributed by atoms with Crippen molar-refractivity contribution in [2.75, 3.05) is 13.1 Å². The molecule has 1 saturated heterocycles. The number of carbonyl (C=O) groups excluding carboxylic acids is 2. The summed E-state index contributed by atoms with van der Waals surface area (Å²) in [7, 11) is 0. The molecule has 3 aromatic heterocycles. The third kappa shape index (κ3) is 5.35. The monoisotopic (exact) mass is 575 g/mol. The molecule has 0 bridgehead atoms. The van der Waals surface area contributed by atoms with E-state index in [1.54, 1.807) is 17.2 Å². The number of carbonyl (C=O) groups is 2. The minimum Gasteiger partial charge on any atom is -0.341 e. The van der Waals surface area contributed by atoms with Gasteiger partial charge in [0.25, 0.3) is 5.91 Å². The summed E-state index contributed by atoms with van der Waals surface area (Å²) in [5.41, 5.74) is 4.71. The molecule has 2 amide bonds. The Morgan fingerprint density at radius 3 is 2.53 bits per heavy atom. The van der Waals surface area contributed by atoms with Crippen molar-refractivity contribution in [3.63, 3.8) is 0 Å². The second kappa shape index (κ2) is 10.9. The Balaban J connectivity index is 1.26. The third-order valence-corrected chi connectivity index (χ3v) is 8.67. The van der Waals surface area contributed by atoms with Gasteiger partial charge in [0, 0.05) is 48.0 Å². The van der Waals surface area contributed by atoms with Crippen LogP contribution in [-0.4, -0.2) is 61.9 Å². The highest BCUT2D eigenvalue weighted by Crippen LogP contribution is 2.53. The quantitative estimate of drug-likeness (QED) is 0.179. The number of benzene rings is 1. The fourth-order valence-corrected chi connectivity index (χ4v) is 5.70. The first-order valence-corrected chi connectivity index (χ1v) is 14.7. The van der Waals surface area contributed by atoms with Crippen LogP contribution in [-0.2, 0) is 15.0 Å². The number of hydrogen-bond donors (Lipinski definition) is 1. The van der Waals surface area contributed by atoms with Crippen LogP contribution < -0.4 is 5.32 Å². The summed E-state index contributed by atoms with van der Waals surface area (Å²) in [4.78, 5) is 45.7. The molecular formula is C34H37N7O2. The first kappa shape index (κ1) is 28.5. The number of allylic oxidation sites excluding steroid dienone is 3. The van der Waals surface area contributed by atoms with E-state index >= 15 is 0 Å². The lowest BCUT2D eigenvalue weighted by molar-refractivity contribution is -0.141. The molecule has 1 aromatic carbocycles. The molecule has 43 heavy (non-hydrogen) atoms. The van der Waals surface area contributed by atoms with Crippen LogP contribution in [0.5, 0.6) is 0 Å². The number of amides is 2. The van der Waals surface area contributed by atoms with Gasteiger partial charge in [-0.25, -0.2) is 9.97 Å². The first-order valence-electron chi connectivity index (χ1n) is 14.7. The summed E-state index contributed by atoms with van der Waals surface area (Å²) in [5, 5.41) is 4.03. The number of nitrogens with zero attached hydrogens (tertiary/aromatic N) is 6. The van der Waals surface area contributed by atoms with Gasteiger partial charge in [-0.05, 0) is 73.7 Å². The third-order valence-electron chi connectivity index (χ3n) is 8.67. The summed E-state index contributed by atoms with van der Waals surface area (Å²) in [6, 6.07) is 9.90. The largest absolute Gasteiger partial charge is 0.341 e. The molecule has 4 heterocycles. The Labute approximate surface area is 251 Å². The Kier molecular flexibility index (Phi) is 7.20. The van der Waals surface area contributed by atoms with Crippen molar-refractivity contribution in [1.29, 1.82) is 0 Å². The molecule has 1 aliphatic carbocycles. The van der Waals surface area contributed by atoms with E-state index in [1.165, 1.54) is 5.56 Å². The zero-order valence-electron chi connectivity index (χ0n) is 25.2. The number of fused-ring (bicyclic) bond motifs is 2. The average Bonchev–Trinajstić information content (AvgIpc) is 3.66. The highest BCUT2D eigenvalue weighted by molar-refractivity contribution is 5.98. The Hall–Kier alpha value is -4.66. The van der Waals surface area contributed by atoms with Gasteiger partial charge >= 0.3 is 0 Å². The van der Waals surface area contributed by atoms with Crippen LogP contribution in [0, 0.1) is 5.41 Å². The molecule has 1 atom stereocenters. The molecule has 0 radical (unpaired) electrons. The van der Waals surface area contributed by atoms with Crippen molar-refractivity contribution in [3.05, 3.63) is 89.8 Å². The number of nitrogens with one attached hydrogen (secondary N) is 1. The summed E-state index contributed by atoms with van der Waals surface area (Å²) in [6.07, 6.45) is 14.1. The predicted molar refractivity (Wildman–Crippen MR) is 169 cm³/mol. The van der Waals surface area contributed by atoms with Gasteiger partial charge in [-0.15, -0.1) is 0 Å². The van der Waals surface area contributed by atoms with Gasteiger partial charge in [0.2, 0.25) is 11.7 Å². The normalized spacial score (nSPS) is 17.4. The number of aliphatic imine (C=N–C) groups is 1. The predicted octanol–water partition coefficient (Wildman–Crippen LogP) is 5.11. The van der Waals surface area contributed by atoms with Crippen LogP contribution in [0.4, 0.5) is 0 Å². The highest BCUT2D eigenvalue weighted by Gasteiger charge is 2.48. The van der Waals surface area contributed by atoms with E-state index in [1.807, 2.05) is 52.2 Å². The number of aromatic nitrogens is 4.